The maximum absolute atomic E-state index is 12.3. The third-order valence-electron chi connectivity index (χ3n) is 3.82. The highest BCUT2D eigenvalue weighted by atomic mass is 32.2. The Labute approximate surface area is 94.3 Å². The van der Waals surface area contributed by atoms with Crippen molar-refractivity contribution < 1.29 is 8.42 Å². The summed E-state index contributed by atoms with van der Waals surface area (Å²) < 4.78 is 27.6. The standard InChI is InChI=1S/C9H14N4O2S/c1-12-8(7-10-11-12)16(14,15)13-6-5-9(13)3-2-4-9/h7H,2-6H2,1H3. The molecule has 7 heteroatoms. The van der Waals surface area contributed by atoms with Crippen molar-refractivity contribution in [3.63, 3.8) is 0 Å². The Morgan fingerprint density at radius 2 is 2.12 bits per heavy atom. The molecule has 88 valence electrons. The fourth-order valence-electron chi connectivity index (χ4n) is 2.61. The summed E-state index contributed by atoms with van der Waals surface area (Å²) in [4.78, 5) is 0. The lowest BCUT2D eigenvalue weighted by Crippen LogP contribution is -2.65. The molecular formula is C9H14N4O2S. The molecule has 2 aliphatic rings. The van der Waals surface area contributed by atoms with E-state index in [-0.39, 0.29) is 10.6 Å². The van der Waals surface area contributed by atoms with Crippen molar-refractivity contribution in [1.29, 1.82) is 0 Å². The molecule has 1 saturated heterocycles. The Balaban J connectivity index is 1.98. The minimum Gasteiger partial charge on any atom is -0.236 e. The normalized spacial score (nSPS) is 24.1. The summed E-state index contributed by atoms with van der Waals surface area (Å²) in [5, 5.41) is 7.50. The van der Waals surface area contributed by atoms with E-state index in [4.69, 9.17) is 0 Å². The molecule has 1 saturated carbocycles. The van der Waals surface area contributed by atoms with E-state index in [0.717, 1.165) is 25.7 Å². The van der Waals surface area contributed by atoms with E-state index in [1.165, 1.54) is 10.9 Å². The minimum absolute atomic E-state index is 0.0664. The third-order valence-corrected chi connectivity index (χ3v) is 5.87. The lowest BCUT2D eigenvalue weighted by atomic mass is 9.70. The number of aryl methyl sites for hydroxylation is 1. The van der Waals surface area contributed by atoms with Crippen LogP contribution in [0.1, 0.15) is 25.7 Å². The van der Waals surface area contributed by atoms with Crippen LogP contribution >= 0.6 is 0 Å². The maximum atomic E-state index is 12.3. The van der Waals surface area contributed by atoms with Crippen molar-refractivity contribution in [2.45, 2.75) is 36.2 Å². The van der Waals surface area contributed by atoms with Crippen LogP contribution in [0.2, 0.25) is 0 Å². The summed E-state index contributed by atoms with van der Waals surface area (Å²) >= 11 is 0. The zero-order valence-electron chi connectivity index (χ0n) is 9.13. The van der Waals surface area contributed by atoms with Crippen molar-refractivity contribution in [2.24, 2.45) is 7.05 Å². The average molecular weight is 242 g/mol. The van der Waals surface area contributed by atoms with Crippen LogP contribution in [-0.4, -0.2) is 39.8 Å². The predicted molar refractivity (Wildman–Crippen MR) is 56.1 cm³/mol. The Morgan fingerprint density at radius 3 is 2.50 bits per heavy atom. The molecule has 0 bridgehead atoms. The molecule has 3 rings (SSSR count). The van der Waals surface area contributed by atoms with Crippen molar-refractivity contribution in [1.82, 2.24) is 19.3 Å². The van der Waals surface area contributed by atoms with Gasteiger partial charge in [0, 0.05) is 19.1 Å². The largest absolute Gasteiger partial charge is 0.262 e. The van der Waals surface area contributed by atoms with Crippen LogP contribution in [0.4, 0.5) is 0 Å². The molecule has 0 atom stereocenters. The van der Waals surface area contributed by atoms with Gasteiger partial charge in [-0.3, -0.25) is 0 Å². The summed E-state index contributed by atoms with van der Waals surface area (Å²) in [5.74, 6) is 0. The molecule has 1 aromatic rings. The van der Waals surface area contributed by atoms with Gasteiger partial charge in [-0.05, 0) is 25.7 Å². The van der Waals surface area contributed by atoms with Gasteiger partial charge in [-0.25, -0.2) is 13.1 Å². The Kier molecular flexibility index (Phi) is 1.94. The fraction of sp³-hybridized carbons (Fsp3) is 0.778. The van der Waals surface area contributed by atoms with Gasteiger partial charge in [-0.15, -0.1) is 5.10 Å². The summed E-state index contributed by atoms with van der Waals surface area (Å²) in [6, 6.07) is 0. The first-order valence-electron chi connectivity index (χ1n) is 5.44. The summed E-state index contributed by atoms with van der Waals surface area (Å²) in [6.45, 7) is 0.632. The molecule has 6 nitrogen and oxygen atoms in total. The van der Waals surface area contributed by atoms with Crippen LogP contribution in [0.25, 0.3) is 0 Å². The summed E-state index contributed by atoms with van der Waals surface area (Å²) in [5.41, 5.74) is -0.0664. The molecular weight excluding hydrogens is 228 g/mol. The van der Waals surface area contributed by atoms with Crippen molar-refractivity contribution in [3.8, 4) is 0 Å². The molecule has 16 heavy (non-hydrogen) atoms. The second-order valence-electron chi connectivity index (χ2n) is 4.60. The molecule has 0 N–H and O–H groups in total. The van der Waals surface area contributed by atoms with Gasteiger partial charge in [0.25, 0.3) is 10.0 Å². The number of nitrogens with zero attached hydrogens (tertiary/aromatic N) is 4. The zero-order chi connectivity index (χ0) is 11.4. The number of hydrogen-bond donors (Lipinski definition) is 0. The molecule has 2 fully saturated rings. The average Bonchev–Trinajstić information content (AvgIpc) is 2.45. The molecule has 0 unspecified atom stereocenters. The number of hydrogen-bond acceptors (Lipinski definition) is 4. The SMILES string of the molecule is Cn1nncc1S(=O)(=O)N1CCC12CCC2. The monoisotopic (exact) mass is 242 g/mol. The molecule has 1 spiro atoms. The quantitative estimate of drug-likeness (QED) is 0.739. The van der Waals surface area contributed by atoms with E-state index in [1.54, 1.807) is 11.4 Å². The van der Waals surface area contributed by atoms with Gasteiger partial charge in [-0.1, -0.05) is 5.21 Å². The highest BCUT2D eigenvalue weighted by Gasteiger charge is 2.55. The lowest BCUT2D eigenvalue weighted by molar-refractivity contribution is -0.00333. The van der Waals surface area contributed by atoms with Crippen LogP contribution in [-0.2, 0) is 17.1 Å². The minimum atomic E-state index is -3.39. The Hall–Kier alpha value is -0.950. The molecule has 1 aliphatic heterocycles. The van der Waals surface area contributed by atoms with Crippen LogP contribution in [0.15, 0.2) is 11.2 Å². The Bertz CT molecular complexity index is 512. The van der Waals surface area contributed by atoms with E-state index in [0.29, 0.717) is 6.54 Å². The van der Waals surface area contributed by atoms with Crippen molar-refractivity contribution in [2.75, 3.05) is 6.54 Å². The van der Waals surface area contributed by atoms with E-state index in [2.05, 4.69) is 10.3 Å². The maximum Gasteiger partial charge on any atom is 0.262 e. The number of sulfonamides is 1. The van der Waals surface area contributed by atoms with E-state index in [1.807, 2.05) is 0 Å². The first-order valence-corrected chi connectivity index (χ1v) is 6.88. The van der Waals surface area contributed by atoms with Gasteiger partial charge in [0.05, 0.1) is 6.20 Å². The second kappa shape index (κ2) is 3.04. The third kappa shape index (κ3) is 1.12. The second-order valence-corrected chi connectivity index (χ2v) is 6.41. The highest BCUT2D eigenvalue weighted by Crippen LogP contribution is 2.49. The molecule has 0 amide bonds. The van der Waals surface area contributed by atoms with Crippen LogP contribution in [0.5, 0.6) is 0 Å². The van der Waals surface area contributed by atoms with Crippen LogP contribution < -0.4 is 0 Å². The van der Waals surface area contributed by atoms with Gasteiger partial charge < -0.3 is 0 Å². The highest BCUT2D eigenvalue weighted by molar-refractivity contribution is 7.89. The smallest absolute Gasteiger partial charge is 0.236 e. The number of aromatic nitrogens is 3. The fourth-order valence-corrected chi connectivity index (χ4v) is 4.50. The van der Waals surface area contributed by atoms with E-state index in [9.17, 15) is 8.42 Å². The molecule has 0 radical (unpaired) electrons. The predicted octanol–water partition coefficient (Wildman–Crippen LogP) is 0.132. The molecule has 1 aliphatic carbocycles. The van der Waals surface area contributed by atoms with Gasteiger partial charge in [0.15, 0.2) is 5.03 Å². The van der Waals surface area contributed by atoms with Gasteiger partial charge in [0.1, 0.15) is 0 Å². The zero-order valence-corrected chi connectivity index (χ0v) is 9.94. The van der Waals surface area contributed by atoms with E-state index >= 15 is 0 Å². The number of rotatable bonds is 2. The molecule has 1 aromatic heterocycles. The first kappa shape index (κ1) is 10.2. The topological polar surface area (TPSA) is 68.1 Å². The molecule has 2 heterocycles. The van der Waals surface area contributed by atoms with E-state index < -0.39 is 10.0 Å². The Morgan fingerprint density at radius 1 is 1.38 bits per heavy atom. The summed E-state index contributed by atoms with van der Waals surface area (Å²) in [7, 11) is -1.78. The van der Waals surface area contributed by atoms with Gasteiger partial charge >= 0.3 is 0 Å². The van der Waals surface area contributed by atoms with Crippen molar-refractivity contribution >= 4 is 10.0 Å². The molecule has 0 aromatic carbocycles. The van der Waals surface area contributed by atoms with Crippen LogP contribution in [0, 0.1) is 0 Å². The van der Waals surface area contributed by atoms with Gasteiger partial charge in [-0.2, -0.15) is 4.31 Å². The van der Waals surface area contributed by atoms with Gasteiger partial charge in [0.2, 0.25) is 0 Å². The lowest BCUT2D eigenvalue weighted by Gasteiger charge is -2.57. The first-order chi connectivity index (χ1) is 7.56. The summed E-state index contributed by atoms with van der Waals surface area (Å²) in [6.07, 6.45) is 5.45. The van der Waals surface area contributed by atoms with Crippen molar-refractivity contribution in [3.05, 3.63) is 6.20 Å². The van der Waals surface area contributed by atoms with Crippen LogP contribution in [0.3, 0.4) is 0 Å².